The Morgan fingerprint density at radius 2 is 1.54 bits per heavy atom. The molecule has 1 rings (SSSR count). The van der Waals surface area contributed by atoms with Crippen molar-refractivity contribution < 1.29 is 29.0 Å². The highest BCUT2D eigenvalue weighted by atomic mass is 16.6. The van der Waals surface area contributed by atoms with Crippen LogP contribution in [-0.2, 0) is 23.9 Å². The van der Waals surface area contributed by atoms with E-state index >= 15 is 0 Å². The molecule has 0 heterocycles. The van der Waals surface area contributed by atoms with E-state index in [-0.39, 0.29) is 0 Å². The van der Waals surface area contributed by atoms with Crippen LogP contribution in [0.2, 0.25) is 0 Å². The molecule has 0 fully saturated rings. The van der Waals surface area contributed by atoms with Crippen molar-refractivity contribution in [3.63, 3.8) is 0 Å². The minimum Gasteiger partial charge on any atom is -0.459 e. The molecule has 0 saturated heterocycles. The number of ether oxygens (including phenoxy) is 2. The molecule has 0 aromatic heterocycles. The second kappa shape index (κ2) is 12.7. The zero-order valence-corrected chi connectivity index (χ0v) is 17.6. The number of rotatable bonds is 14. The minimum atomic E-state index is -2.05. The number of hydrogen-bond donors (Lipinski definition) is 1. The molecular weight excluding hydrogens is 360 g/mol. The number of esters is 2. The predicted octanol–water partition coefficient (Wildman–Crippen LogP) is 4.03. The van der Waals surface area contributed by atoms with E-state index in [1.165, 1.54) is 64.5 Å². The van der Waals surface area contributed by atoms with Gasteiger partial charge in [-0.15, -0.1) is 0 Å². The molecule has 1 aliphatic carbocycles. The molecule has 6 heteroatoms. The molecule has 0 aromatic rings. The van der Waals surface area contributed by atoms with Crippen molar-refractivity contribution in [2.45, 2.75) is 109 Å². The number of unbranched alkanes of at least 4 members (excludes halogenated alkanes) is 9. The van der Waals surface area contributed by atoms with Crippen molar-refractivity contribution >= 4 is 17.7 Å². The third-order valence-corrected chi connectivity index (χ3v) is 5.16. The van der Waals surface area contributed by atoms with E-state index in [9.17, 15) is 19.5 Å². The van der Waals surface area contributed by atoms with Crippen molar-refractivity contribution in [1.82, 2.24) is 0 Å². The minimum absolute atomic E-state index is 0.345. The van der Waals surface area contributed by atoms with Gasteiger partial charge in [-0.3, -0.25) is 14.4 Å². The van der Waals surface area contributed by atoms with Gasteiger partial charge in [0, 0.05) is 13.8 Å². The van der Waals surface area contributed by atoms with Gasteiger partial charge in [0.05, 0.1) is 0 Å². The Kier molecular flexibility index (Phi) is 11.0. The van der Waals surface area contributed by atoms with E-state index in [2.05, 4.69) is 6.92 Å². The van der Waals surface area contributed by atoms with Gasteiger partial charge in [0.1, 0.15) is 6.10 Å². The fourth-order valence-electron chi connectivity index (χ4n) is 3.63. The Morgan fingerprint density at radius 3 is 2.04 bits per heavy atom. The third kappa shape index (κ3) is 7.74. The van der Waals surface area contributed by atoms with Gasteiger partial charge >= 0.3 is 11.9 Å². The first-order valence-electron chi connectivity index (χ1n) is 10.6. The van der Waals surface area contributed by atoms with Gasteiger partial charge < -0.3 is 14.6 Å². The molecule has 0 bridgehead atoms. The third-order valence-electron chi connectivity index (χ3n) is 5.16. The molecule has 1 N–H and O–H groups in total. The van der Waals surface area contributed by atoms with Gasteiger partial charge in [-0.05, 0) is 25.0 Å². The van der Waals surface area contributed by atoms with Crippen molar-refractivity contribution in [2.24, 2.45) is 0 Å². The van der Waals surface area contributed by atoms with Gasteiger partial charge in [0.15, 0.2) is 11.9 Å². The predicted molar refractivity (Wildman–Crippen MR) is 107 cm³/mol. The summed E-state index contributed by atoms with van der Waals surface area (Å²) in [5.41, 5.74) is -2.05. The van der Waals surface area contributed by atoms with E-state index in [1.807, 2.05) is 0 Å². The van der Waals surface area contributed by atoms with Crippen LogP contribution in [0.5, 0.6) is 0 Å². The maximum Gasteiger partial charge on any atom is 0.303 e. The average molecular weight is 397 g/mol. The molecule has 6 nitrogen and oxygen atoms in total. The second-order valence-electron chi connectivity index (χ2n) is 7.65. The lowest BCUT2D eigenvalue weighted by Gasteiger charge is -2.34. The van der Waals surface area contributed by atoms with E-state index in [0.29, 0.717) is 6.42 Å². The second-order valence-corrected chi connectivity index (χ2v) is 7.65. The molecule has 3 atom stereocenters. The summed E-state index contributed by atoms with van der Waals surface area (Å²) in [4.78, 5) is 35.1. The molecule has 0 radical (unpaired) electrons. The van der Waals surface area contributed by atoms with Crippen LogP contribution >= 0.6 is 0 Å². The van der Waals surface area contributed by atoms with Crippen LogP contribution in [0.25, 0.3) is 0 Å². The number of aliphatic hydroxyl groups is 1. The van der Waals surface area contributed by atoms with Crippen LogP contribution in [0.3, 0.4) is 0 Å². The van der Waals surface area contributed by atoms with Crippen molar-refractivity contribution in [3.8, 4) is 0 Å². The summed E-state index contributed by atoms with van der Waals surface area (Å²) in [7, 11) is 0. The quantitative estimate of drug-likeness (QED) is 0.352. The summed E-state index contributed by atoms with van der Waals surface area (Å²) in [5, 5.41) is 11.0. The topological polar surface area (TPSA) is 89.9 Å². The molecule has 1 aliphatic rings. The first-order valence-corrected chi connectivity index (χ1v) is 10.6. The zero-order valence-electron chi connectivity index (χ0n) is 17.6. The molecule has 0 aromatic carbocycles. The van der Waals surface area contributed by atoms with E-state index in [4.69, 9.17) is 9.47 Å². The Bertz CT molecular complexity index is 541. The first kappa shape index (κ1) is 24.3. The first-order chi connectivity index (χ1) is 13.3. The van der Waals surface area contributed by atoms with Crippen molar-refractivity contribution in [1.29, 1.82) is 0 Å². The maximum absolute atomic E-state index is 12.3. The fraction of sp³-hybridized carbons (Fsp3) is 0.773. The molecule has 3 unspecified atom stereocenters. The van der Waals surface area contributed by atoms with Crippen molar-refractivity contribution in [3.05, 3.63) is 12.2 Å². The van der Waals surface area contributed by atoms with Crippen LogP contribution in [0.1, 0.15) is 91.4 Å². The SMILES string of the molecule is CCCCCCCCCCCCC(OC(C)=O)C1(O)C(=O)C=CC1OC(C)=O. The fourth-order valence-corrected chi connectivity index (χ4v) is 3.63. The molecule has 160 valence electrons. The number of hydrogen-bond acceptors (Lipinski definition) is 6. The lowest BCUT2D eigenvalue weighted by Crippen LogP contribution is -2.56. The van der Waals surface area contributed by atoms with Crippen LogP contribution in [0.4, 0.5) is 0 Å². The smallest absolute Gasteiger partial charge is 0.303 e. The molecule has 0 aliphatic heterocycles. The summed E-state index contributed by atoms with van der Waals surface area (Å²) in [6.45, 7) is 4.66. The van der Waals surface area contributed by atoms with Gasteiger partial charge in [-0.2, -0.15) is 0 Å². The molecule has 0 saturated carbocycles. The number of ketones is 1. The number of carbonyl (C=O) groups is 3. The summed E-state index contributed by atoms with van der Waals surface area (Å²) >= 11 is 0. The Balaban J connectivity index is 2.47. The van der Waals surface area contributed by atoms with Gasteiger partial charge in [0.25, 0.3) is 0 Å². The van der Waals surface area contributed by atoms with E-state index < -0.39 is 35.5 Å². The monoisotopic (exact) mass is 396 g/mol. The maximum atomic E-state index is 12.3. The molecular formula is C22H36O6. The van der Waals surface area contributed by atoms with E-state index in [0.717, 1.165) is 25.7 Å². The van der Waals surface area contributed by atoms with Crippen molar-refractivity contribution in [2.75, 3.05) is 0 Å². The standard InChI is InChI=1S/C22H36O6/c1-4-5-6-7-8-9-10-11-12-13-14-20(27-17(2)23)22(26)19(25)15-16-21(22)28-18(3)24/h15-16,20-21,26H,4-14H2,1-3H3. The Morgan fingerprint density at radius 1 is 1.00 bits per heavy atom. The van der Waals surface area contributed by atoms with Gasteiger partial charge in [0.2, 0.25) is 5.60 Å². The Hall–Kier alpha value is -1.69. The highest BCUT2D eigenvalue weighted by Gasteiger charge is 2.54. The zero-order chi connectivity index (χ0) is 21.0. The highest BCUT2D eigenvalue weighted by molar-refractivity contribution is 6.01. The highest BCUT2D eigenvalue weighted by Crippen LogP contribution is 2.32. The van der Waals surface area contributed by atoms with E-state index in [1.54, 1.807) is 0 Å². The summed E-state index contributed by atoms with van der Waals surface area (Å²) in [5.74, 6) is -1.79. The summed E-state index contributed by atoms with van der Waals surface area (Å²) in [6, 6.07) is 0. The van der Waals surface area contributed by atoms with Gasteiger partial charge in [-0.1, -0.05) is 64.7 Å². The largest absolute Gasteiger partial charge is 0.459 e. The van der Waals surface area contributed by atoms with Gasteiger partial charge in [-0.25, -0.2) is 0 Å². The van der Waals surface area contributed by atoms with Crippen LogP contribution < -0.4 is 0 Å². The van der Waals surface area contributed by atoms with Crippen LogP contribution in [0, 0.1) is 0 Å². The Labute approximate surface area is 168 Å². The lowest BCUT2D eigenvalue weighted by molar-refractivity contribution is -0.186. The average Bonchev–Trinajstić information content (AvgIpc) is 2.90. The number of carbonyl (C=O) groups excluding carboxylic acids is 3. The summed E-state index contributed by atoms with van der Waals surface area (Å²) < 4.78 is 10.3. The summed E-state index contributed by atoms with van der Waals surface area (Å²) in [6.07, 6.45) is 12.2. The molecule has 0 spiro atoms. The van der Waals surface area contributed by atoms with Crippen LogP contribution in [0.15, 0.2) is 12.2 Å². The molecule has 0 amide bonds. The normalized spacial score (nSPS) is 22.3. The van der Waals surface area contributed by atoms with Crippen LogP contribution in [-0.4, -0.2) is 40.6 Å². The molecule has 28 heavy (non-hydrogen) atoms. The lowest BCUT2D eigenvalue weighted by atomic mass is 9.87.